The molecule has 0 unspecified atom stereocenters. The van der Waals surface area contributed by atoms with Crippen molar-refractivity contribution in [3.8, 4) is 0 Å². The van der Waals surface area contributed by atoms with Gasteiger partial charge >= 0.3 is 0 Å². The Labute approximate surface area is 137 Å². The van der Waals surface area contributed by atoms with Crippen molar-refractivity contribution in [3.05, 3.63) is 69.3 Å². The zero-order chi connectivity index (χ0) is 14.8. The van der Waals surface area contributed by atoms with Gasteiger partial charge in [0.2, 0.25) is 0 Å². The molecule has 0 amide bonds. The van der Waals surface area contributed by atoms with E-state index in [-0.39, 0.29) is 6.04 Å². The van der Waals surface area contributed by atoms with E-state index in [1.54, 1.807) is 0 Å². The molecule has 4 heteroatoms. The van der Waals surface area contributed by atoms with Crippen molar-refractivity contribution in [3.63, 3.8) is 0 Å². The zero-order valence-electron chi connectivity index (χ0n) is 11.7. The van der Waals surface area contributed by atoms with Gasteiger partial charge in [0.25, 0.3) is 0 Å². The molecule has 0 saturated heterocycles. The Balaban J connectivity index is 1.76. The normalized spacial score (nSPS) is 12.7. The molecule has 1 aromatic heterocycles. The van der Waals surface area contributed by atoms with Crippen molar-refractivity contribution < 1.29 is 0 Å². The molecular weight excluding hydrogens is 348 g/mol. The Morgan fingerprint density at radius 2 is 2.05 bits per heavy atom. The first-order valence-electron chi connectivity index (χ1n) is 6.88. The van der Waals surface area contributed by atoms with Gasteiger partial charge in [0.15, 0.2) is 0 Å². The van der Waals surface area contributed by atoms with Gasteiger partial charge in [0.05, 0.1) is 0 Å². The fourth-order valence-electron chi connectivity index (χ4n) is 2.50. The number of nitrogens with one attached hydrogen (secondary N) is 2. The monoisotopic (exact) mass is 362 g/mol. The third-order valence-electron chi connectivity index (χ3n) is 3.70. The number of aromatic nitrogens is 1. The van der Waals surface area contributed by atoms with Crippen LogP contribution in [0.1, 0.15) is 24.1 Å². The van der Waals surface area contributed by atoms with Crippen molar-refractivity contribution in [2.24, 2.45) is 0 Å². The Hall–Kier alpha value is -1.29. The summed E-state index contributed by atoms with van der Waals surface area (Å²) in [5.74, 6) is 0. The number of halogens is 2. The van der Waals surface area contributed by atoms with Gasteiger partial charge in [-0.2, -0.15) is 0 Å². The molecule has 1 atom stereocenters. The lowest BCUT2D eigenvalue weighted by Crippen LogP contribution is -2.18. The van der Waals surface area contributed by atoms with Gasteiger partial charge < -0.3 is 10.3 Å². The first kappa shape index (κ1) is 14.6. The SMILES string of the molecule is C[C@@H](NCc1c[nH]c2cc(Cl)ccc12)c1ccccc1Br. The minimum absolute atomic E-state index is 0.276. The summed E-state index contributed by atoms with van der Waals surface area (Å²) in [5.41, 5.74) is 3.59. The van der Waals surface area contributed by atoms with E-state index in [0.717, 1.165) is 21.6 Å². The Morgan fingerprint density at radius 1 is 1.24 bits per heavy atom. The number of benzene rings is 2. The van der Waals surface area contributed by atoms with Crippen molar-refractivity contribution in [1.82, 2.24) is 10.3 Å². The van der Waals surface area contributed by atoms with Crippen LogP contribution in [0, 0.1) is 0 Å². The highest BCUT2D eigenvalue weighted by atomic mass is 79.9. The highest BCUT2D eigenvalue weighted by Crippen LogP contribution is 2.25. The molecule has 0 saturated carbocycles. The maximum absolute atomic E-state index is 6.01. The van der Waals surface area contributed by atoms with Crippen LogP contribution in [0.3, 0.4) is 0 Å². The molecule has 0 radical (unpaired) electrons. The van der Waals surface area contributed by atoms with E-state index < -0.39 is 0 Å². The van der Waals surface area contributed by atoms with Gasteiger partial charge in [0, 0.05) is 39.2 Å². The number of hydrogen-bond acceptors (Lipinski definition) is 1. The summed E-state index contributed by atoms with van der Waals surface area (Å²) >= 11 is 9.61. The molecule has 21 heavy (non-hydrogen) atoms. The van der Waals surface area contributed by atoms with Crippen molar-refractivity contribution in [2.75, 3.05) is 0 Å². The Bertz CT molecular complexity index is 766. The third-order valence-corrected chi connectivity index (χ3v) is 4.66. The fourth-order valence-corrected chi connectivity index (χ4v) is 3.30. The van der Waals surface area contributed by atoms with Crippen LogP contribution in [-0.2, 0) is 6.54 Å². The molecule has 2 nitrogen and oxygen atoms in total. The zero-order valence-corrected chi connectivity index (χ0v) is 14.0. The second-order valence-electron chi connectivity index (χ2n) is 5.13. The van der Waals surface area contributed by atoms with Crippen LogP contribution < -0.4 is 5.32 Å². The highest BCUT2D eigenvalue weighted by molar-refractivity contribution is 9.10. The van der Waals surface area contributed by atoms with E-state index in [1.165, 1.54) is 16.5 Å². The van der Waals surface area contributed by atoms with Crippen LogP contribution in [-0.4, -0.2) is 4.98 Å². The molecule has 0 bridgehead atoms. The largest absolute Gasteiger partial charge is 0.361 e. The Kier molecular flexibility index (Phi) is 4.34. The minimum Gasteiger partial charge on any atom is -0.361 e. The minimum atomic E-state index is 0.276. The standard InChI is InChI=1S/C17H16BrClN2/c1-11(14-4-2-3-5-16(14)18)20-9-12-10-21-17-8-13(19)6-7-15(12)17/h2-8,10-11,20-21H,9H2,1H3/t11-/m1/s1. The lowest BCUT2D eigenvalue weighted by molar-refractivity contribution is 0.574. The van der Waals surface area contributed by atoms with Crippen molar-refractivity contribution in [2.45, 2.75) is 19.5 Å². The molecule has 0 aliphatic heterocycles. The molecule has 2 N–H and O–H groups in total. The van der Waals surface area contributed by atoms with E-state index in [4.69, 9.17) is 11.6 Å². The summed E-state index contributed by atoms with van der Waals surface area (Å²) < 4.78 is 1.13. The number of hydrogen-bond donors (Lipinski definition) is 2. The van der Waals surface area contributed by atoms with Crippen LogP contribution in [0.5, 0.6) is 0 Å². The van der Waals surface area contributed by atoms with Crippen LogP contribution in [0.4, 0.5) is 0 Å². The first-order chi connectivity index (χ1) is 10.1. The topological polar surface area (TPSA) is 27.8 Å². The quantitative estimate of drug-likeness (QED) is 0.635. The second kappa shape index (κ2) is 6.22. The first-order valence-corrected chi connectivity index (χ1v) is 8.05. The lowest BCUT2D eigenvalue weighted by Gasteiger charge is -2.15. The summed E-state index contributed by atoms with van der Waals surface area (Å²) in [6.45, 7) is 2.98. The molecule has 3 aromatic rings. The number of aromatic amines is 1. The maximum Gasteiger partial charge on any atom is 0.0472 e. The summed E-state index contributed by atoms with van der Waals surface area (Å²) in [4.78, 5) is 3.27. The maximum atomic E-state index is 6.01. The molecule has 0 aliphatic rings. The lowest BCUT2D eigenvalue weighted by atomic mass is 10.1. The molecule has 0 spiro atoms. The van der Waals surface area contributed by atoms with E-state index >= 15 is 0 Å². The van der Waals surface area contributed by atoms with Gasteiger partial charge in [-0.15, -0.1) is 0 Å². The van der Waals surface area contributed by atoms with Crippen LogP contribution in [0.15, 0.2) is 53.1 Å². The molecule has 108 valence electrons. The summed E-state index contributed by atoms with van der Waals surface area (Å²) in [7, 11) is 0. The van der Waals surface area contributed by atoms with Gasteiger partial charge in [-0.3, -0.25) is 0 Å². The molecule has 0 aliphatic carbocycles. The highest BCUT2D eigenvalue weighted by Gasteiger charge is 2.10. The van der Waals surface area contributed by atoms with E-state index in [9.17, 15) is 0 Å². The van der Waals surface area contributed by atoms with Crippen LogP contribution in [0.2, 0.25) is 5.02 Å². The van der Waals surface area contributed by atoms with Gasteiger partial charge in [-0.25, -0.2) is 0 Å². The van der Waals surface area contributed by atoms with E-state index in [1.807, 2.05) is 24.4 Å². The summed E-state index contributed by atoms with van der Waals surface area (Å²) in [6.07, 6.45) is 2.04. The van der Waals surface area contributed by atoms with Gasteiger partial charge in [-0.05, 0) is 36.2 Å². The van der Waals surface area contributed by atoms with Crippen LogP contribution >= 0.6 is 27.5 Å². The van der Waals surface area contributed by atoms with Crippen molar-refractivity contribution in [1.29, 1.82) is 0 Å². The van der Waals surface area contributed by atoms with E-state index in [2.05, 4.69) is 57.4 Å². The van der Waals surface area contributed by atoms with Crippen LogP contribution in [0.25, 0.3) is 10.9 Å². The van der Waals surface area contributed by atoms with Gasteiger partial charge in [-0.1, -0.05) is 51.8 Å². The molecule has 3 rings (SSSR count). The molecule has 1 heterocycles. The third kappa shape index (κ3) is 3.15. The summed E-state index contributed by atoms with van der Waals surface area (Å²) in [6, 6.07) is 14.5. The Morgan fingerprint density at radius 3 is 2.86 bits per heavy atom. The van der Waals surface area contributed by atoms with E-state index in [0.29, 0.717) is 0 Å². The number of H-pyrrole nitrogens is 1. The average molecular weight is 364 g/mol. The van der Waals surface area contributed by atoms with Gasteiger partial charge in [0.1, 0.15) is 0 Å². The molecule has 0 fully saturated rings. The smallest absolute Gasteiger partial charge is 0.0472 e. The summed E-state index contributed by atoms with van der Waals surface area (Å²) in [5, 5.41) is 5.54. The average Bonchev–Trinajstić information content (AvgIpc) is 2.87. The fraction of sp³-hybridized carbons (Fsp3) is 0.176. The predicted molar refractivity (Wildman–Crippen MR) is 92.7 cm³/mol. The number of rotatable bonds is 4. The predicted octanol–water partition coefficient (Wildman–Crippen LogP) is 5.43. The van der Waals surface area contributed by atoms with Crippen molar-refractivity contribution >= 4 is 38.4 Å². The molecular formula is C17H16BrClN2. The second-order valence-corrected chi connectivity index (χ2v) is 6.42. The number of fused-ring (bicyclic) bond motifs is 1. The molecule has 2 aromatic carbocycles.